The molecule has 156 valence electrons. The van der Waals surface area contributed by atoms with Gasteiger partial charge in [-0.2, -0.15) is 0 Å². The Balaban J connectivity index is 0.00000676. The molecule has 0 spiro atoms. The number of carbonyl (C=O) groups excluding carboxylic acids is 1. The average molecular weight is 510 g/mol. The Labute approximate surface area is 185 Å². The first-order valence-corrected chi connectivity index (χ1v) is 10.3. The fourth-order valence-electron chi connectivity index (χ4n) is 2.45. The minimum atomic E-state index is 0. The van der Waals surface area contributed by atoms with Crippen LogP contribution in [0.15, 0.2) is 10.4 Å². The average Bonchev–Trinajstić information content (AvgIpc) is 3.04. The van der Waals surface area contributed by atoms with Gasteiger partial charge < -0.3 is 15.1 Å². The van der Waals surface area contributed by atoms with Gasteiger partial charge >= 0.3 is 0 Å². The van der Waals surface area contributed by atoms with Gasteiger partial charge in [-0.3, -0.25) is 9.79 Å². The van der Waals surface area contributed by atoms with E-state index in [-0.39, 0.29) is 35.3 Å². The van der Waals surface area contributed by atoms with Crippen molar-refractivity contribution in [2.75, 3.05) is 39.8 Å². The summed E-state index contributed by atoms with van der Waals surface area (Å²) in [6, 6.07) is 0. The number of aromatic nitrogens is 1. The van der Waals surface area contributed by atoms with E-state index in [9.17, 15) is 4.79 Å². The van der Waals surface area contributed by atoms with E-state index in [1.807, 2.05) is 37.6 Å². The van der Waals surface area contributed by atoms with Crippen molar-refractivity contribution in [2.24, 2.45) is 4.99 Å². The molecule has 0 fully saturated rings. The standard InChI is InChI=1S/C19H35N5OS.HI/c1-8-20-18(23(7)13-17(25)24(9-2)10-3)21-12-11-16-22-15(14-26-16)19(4,5)6;/h14H,8-13H2,1-7H3,(H,20,21);1H. The Morgan fingerprint density at radius 1 is 1.26 bits per heavy atom. The lowest BCUT2D eigenvalue weighted by molar-refractivity contribution is -0.131. The predicted octanol–water partition coefficient (Wildman–Crippen LogP) is 3.37. The van der Waals surface area contributed by atoms with Crippen molar-refractivity contribution in [2.45, 2.75) is 53.4 Å². The molecule has 0 radical (unpaired) electrons. The SMILES string of the molecule is CCNC(=NCCc1nc(C(C)(C)C)cs1)N(C)CC(=O)N(CC)CC.I. The van der Waals surface area contributed by atoms with E-state index in [0.29, 0.717) is 13.1 Å². The number of carbonyl (C=O) groups is 1. The fraction of sp³-hybridized carbons (Fsp3) is 0.737. The lowest BCUT2D eigenvalue weighted by atomic mass is 9.93. The summed E-state index contributed by atoms with van der Waals surface area (Å²) in [4.78, 5) is 25.4. The third-order valence-electron chi connectivity index (χ3n) is 4.09. The van der Waals surface area contributed by atoms with E-state index in [0.717, 1.165) is 42.7 Å². The van der Waals surface area contributed by atoms with Crippen LogP contribution >= 0.6 is 35.3 Å². The number of rotatable bonds is 8. The van der Waals surface area contributed by atoms with Crippen LogP contribution in [0, 0.1) is 0 Å². The number of aliphatic imine (C=N–C) groups is 1. The highest BCUT2D eigenvalue weighted by molar-refractivity contribution is 14.0. The molecule has 8 heteroatoms. The molecule has 6 nitrogen and oxygen atoms in total. The Bertz CT molecular complexity index is 593. The number of amides is 1. The fourth-order valence-corrected chi connectivity index (χ4v) is 3.47. The zero-order valence-corrected chi connectivity index (χ0v) is 21.0. The minimum absolute atomic E-state index is 0. The van der Waals surface area contributed by atoms with Crippen LogP contribution in [0.4, 0.5) is 0 Å². The van der Waals surface area contributed by atoms with Gasteiger partial charge in [0, 0.05) is 50.4 Å². The summed E-state index contributed by atoms with van der Waals surface area (Å²) in [6.45, 7) is 15.8. The Morgan fingerprint density at radius 3 is 2.37 bits per heavy atom. The molecule has 27 heavy (non-hydrogen) atoms. The van der Waals surface area contributed by atoms with Crippen molar-refractivity contribution in [1.29, 1.82) is 0 Å². The van der Waals surface area contributed by atoms with E-state index in [2.05, 4.69) is 36.5 Å². The second-order valence-corrected chi connectivity index (χ2v) is 8.23. The second-order valence-electron chi connectivity index (χ2n) is 7.28. The van der Waals surface area contributed by atoms with E-state index in [4.69, 9.17) is 4.98 Å². The molecule has 1 amide bonds. The second kappa shape index (κ2) is 12.5. The van der Waals surface area contributed by atoms with Gasteiger partial charge in [-0.05, 0) is 20.8 Å². The summed E-state index contributed by atoms with van der Waals surface area (Å²) in [7, 11) is 1.91. The molecule has 0 atom stereocenters. The van der Waals surface area contributed by atoms with Crippen LogP contribution in [0.3, 0.4) is 0 Å². The molecule has 1 aromatic rings. The third-order valence-corrected chi connectivity index (χ3v) is 5.00. The monoisotopic (exact) mass is 509 g/mol. The summed E-state index contributed by atoms with van der Waals surface area (Å²) in [6.07, 6.45) is 0.813. The van der Waals surface area contributed by atoms with Crippen LogP contribution in [0.5, 0.6) is 0 Å². The van der Waals surface area contributed by atoms with Gasteiger partial charge in [0.2, 0.25) is 5.91 Å². The maximum Gasteiger partial charge on any atom is 0.242 e. The number of guanidine groups is 1. The van der Waals surface area contributed by atoms with Crippen LogP contribution in [-0.4, -0.2) is 66.4 Å². The van der Waals surface area contributed by atoms with Crippen molar-refractivity contribution in [3.05, 3.63) is 16.1 Å². The summed E-state index contributed by atoms with van der Waals surface area (Å²) in [5, 5.41) is 6.51. The van der Waals surface area contributed by atoms with Crippen molar-refractivity contribution < 1.29 is 4.79 Å². The van der Waals surface area contributed by atoms with Crippen LogP contribution in [0.2, 0.25) is 0 Å². The molecule has 0 saturated carbocycles. The Kier molecular flexibility index (Phi) is 12.1. The summed E-state index contributed by atoms with van der Waals surface area (Å²) >= 11 is 1.70. The predicted molar refractivity (Wildman–Crippen MR) is 126 cm³/mol. The highest BCUT2D eigenvalue weighted by Crippen LogP contribution is 2.24. The molecule has 1 heterocycles. The molecule has 0 aliphatic heterocycles. The van der Waals surface area contributed by atoms with Crippen molar-refractivity contribution >= 4 is 47.2 Å². The van der Waals surface area contributed by atoms with Crippen LogP contribution in [-0.2, 0) is 16.6 Å². The molecule has 0 unspecified atom stereocenters. The minimum Gasteiger partial charge on any atom is -0.357 e. The van der Waals surface area contributed by atoms with Gasteiger partial charge in [0.1, 0.15) is 0 Å². The Morgan fingerprint density at radius 2 is 1.89 bits per heavy atom. The maximum atomic E-state index is 12.3. The highest BCUT2D eigenvalue weighted by Gasteiger charge is 2.17. The van der Waals surface area contributed by atoms with Gasteiger partial charge in [-0.15, -0.1) is 35.3 Å². The van der Waals surface area contributed by atoms with Gasteiger partial charge in [0.25, 0.3) is 0 Å². The number of halogens is 1. The molecule has 1 aromatic heterocycles. The molecular weight excluding hydrogens is 473 g/mol. The van der Waals surface area contributed by atoms with E-state index < -0.39 is 0 Å². The summed E-state index contributed by atoms with van der Waals surface area (Å²) in [5.41, 5.74) is 1.22. The normalized spacial score (nSPS) is 11.7. The molecular formula is C19H36IN5OS. The van der Waals surface area contributed by atoms with Crippen LogP contribution < -0.4 is 5.32 Å². The zero-order chi connectivity index (χ0) is 19.7. The van der Waals surface area contributed by atoms with Crippen molar-refractivity contribution in [3.8, 4) is 0 Å². The smallest absolute Gasteiger partial charge is 0.242 e. The number of thiazole rings is 1. The molecule has 0 aromatic carbocycles. The van der Waals surface area contributed by atoms with E-state index >= 15 is 0 Å². The molecule has 0 bridgehead atoms. The van der Waals surface area contributed by atoms with Gasteiger partial charge in [0.15, 0.2) is 5.96 Å². The molecule has 1 N–H and O–H groups in total. The largest absolute Gasteiger partial charge is 0.357 e. The molecule has 1 rings (SSSR count). The van der Waals surface area contributed by atoms with E-state index in [1.54, 1.807) is 11.3 Å². The molecule has 0 aliphatic rings. The summed E-state index contributed by atoms with van der Waals surface area (Å²) < 4.78 is 0. The maximum absolute atomic E-state index is 12.3. The topological polar surface area (TPSA) is 60.8 Å². The lowest BCUT2D eigenvalue weighted by Crippen LogP contribution is -2.45. The van der Waals surface area contributed by atoms with Gasteiger partial charge in [-0.1, -0.05) is 20.8 Å². The molecule has 0 aliphatic carbocycles. The number of hydrogen-bond donors (Lipinski definition) is 1. The lowest BCUT2D eigenvalue weighted by Gasteiger charge is -2.25. The highest BCUT2D eigenvalue weighted by atomic mass is 127. The Hall–Kier alpha value is -0.900. The van der Waals surface area contributed by atoms with Crippen molar-refractivity contribution in [1.82, 2.24) is 20.1 Å². The van der Waals surface area contributed by atoms with Crippen molar-refractivity contribution in [3.63, 3.8) is 0 Å². The number of nitrogens with one attached hydrogen (secondary N) is 1. The number of hydrogen-bond acceptors (Lipinski definition) is 4. The quantitative estimate of drug-likeness (QED) is 0.332. The first-order valence-electron chi connectivity index (χ1n) is 9.44. The molecule has 0 saturated heterocycles. The first-order chi connectivity index (χ1) is 12.2. The van der Waals surface area contributed by atoms with Gasteiger partial charge in [-0.25, -0.2) is 4.98 Å². The number of nitrogens with zero attached hydrogens (tertiary/aromatic N) is 4. The summed E-state index contributed by atoms with van der Waals surface area (Å²) in [5.74, 6) is 0.887. The van der Waals surface area contributed by atoms with Crippen LogP contribution in [0.25, 0.3) is 0 Å². The van der Waals surface area contributed by atoms with Gasteiger partial charge in [0.05, 0.1) is 17.2 Å². The van der Waals surface area contributed by atoms with Crippen LogP contribution in [0.1, 0.15) is 52.2 Å². The number of likely N-dealkylation sites (N-methyl/N-ethyl adjacent to an activating group) is 2. The van der Waals surface area contributed by atoms with E-state index in [1.165, 1.54) is 0 Å². The first kappa shape index (κ1) is 26.1. The third kappa shape index (κ3) is 8.76. The zero-order valence-electron chi connectivity index (χ0n) is 17.8.